The topological polar surface area (TPSA) is 59.1 Å². The minimum Gasteiger partial charge on any atom is -0.280 e. The summed E-state index contributed by atoms with van der Waals surface area (Å²) in [5.74, 6) is 0. The molecule has 1 aromatic heterocycles. The second kappa shape index (κ2) is 5.36. The molecule has 1 N–H and O–H groups in total. The molecule has 4 nitrogen and oxygen atoms in total. The zero-order chi connectivity index (χ0) is 14.0. The second-order valence-electron chi connectivity index (χ2n) is 3.92. The highest BCUT2D eigenvalue weighted by Crippen LogP contribution is 2.23. The Hall–Kier alpha value is -1.30. The average Bonchev–Trinajstić information content (AvgIpc) is 2.32. The maximum atomic E-state index is 12.1. The van der Waals surface area contributed by atoms with Crippen molar-refractivity contribution in [3.05, 3.63) is 52.3 Å². The molecule has 19 heavy (non-hydrogen) atoms. The van der Waals surface area contributed by atoms with Gasteiger partial charge in [-0.3, -0.25) is 4.72 Å². The number of aromatic nitrogens is 1. The van der Waals surface area contributed by atoms with E-state index in [0.29, 0.717) is 5.69 Å². The SMILES string of the molecule is Cc1cccc(NS(=O)(=O)c2cnc(Cl)c(Cl)c2)c1. The molecule has 0 saturated heterocycles. The number of sulfonamides is 1. The van der Waals surface area contributed by atoms with Crippen LogP contribution in [0.4, 0.5) is 5.69 Å². The van der Waals surface area contributed by atoms with Crippen molar-refractivity contribution in [2.24, 2.45) is 0 Å². The maximum Gasteiger partial charge on any atom is 0.263 e. The third-order valence-electron chi connectivity index (χ3n) is 2.35. The largest absolute Gasteiger partial charge is 0.280 e. The van der Waals surface area contributed by atoms with Gasteiger partial charge in [-0.1, -0.05) is 35.3 Å². The number of hydrogen-bond acceptors (Lipinski definition) is 3. The Balaban J connectivity index is 2.35. The van der Waals surface area contributed by atoms with Gasteiger partial charge in [0.1, 0.15) is 10.0 Å². The predicted octanol–water partition coefficient (Wildman–Crippen LogP) is 3.50. The summed E-state index contributed by atoms with van der Waals surface area (Å²) in [6.07, 6.45) is 1.16. The lowest BCUT2D eigenvalue weighted by Crippen LogP contribution is -2.13. The average molecular weight is 317 g/mol. The fourth-order valence-electron chi connectivity index (χ4n) is 1.47. The quantitative estimate of drug-likeness (QED) is 0.882. The molecule has 0 aliphatic rings. The van der Waals surface area contributed by atoms with Gasteiger partial charge in [0, 0.05) is 11.9 Å². The van der Waals surface area contributed by atoms with E-state index < -0.39 is 10.0 Å². The van der Waals surface area contributed by atoms with Crippen molar-refractivity contribution in [2.45, 2.75) is 11.8 Å². The Bertz CT molecular complexity index is 717. The molecule has 0 unspecified atom stereocenters. The highest BCUT2D eigenvalue weighted by molar-refractivity contribution is 7.92. The zero-order valence-electron chi connectivity index (χ0n) is 9.89. The van der Waals surface area contributed by atoms with E-state index in [2.05, 4.69) is 9.71 Å². The molecular weight excluding hydrogens is 307 g/mol. The second-order valence-corrected chi connectivity index (χ2v) is 6.37. The highest BCUT2D eigenvalue weighted by Gasteiger charge is 2.16. The van der Waals surface area contributed by atoms with Crippen LogP contribution in [0, 0.1) is 6.92 Å². The summed E-state index contributed by atoms with van der Waals surface area (Å²) >= 11 is 11.4. The number of rotatable bonds is 3. The Morgan fingerprint density at radius 1 is 1.21 bits per heavy atom. The molecule has 1 heterocycles. The molecule has 2 rings (SSSR count). The predicted molar refractivity (Wildman–Crippen MR) is 76.2 cm³/mol. The molecule has 0 saturated carbocycles. The maximum absolute atomic E-state index is 12.1. The molecule has 100 valence electrons. The molecule has 1 aromatic carbocycles. The summed E-state index contributed by atoms with van der Waals surface area (Å²) in [5, 5.41) is 0.157. The van der Waals surface area contributed by atoms with Crippen LogP contribution in [0.3, 0.4) is 0 Å². The fraction of sp³-hybridized carbons (Fsp3) is 0.0833. The Kier molecular flexibility index (Phi) is 3.99. The number of pyridine rings is 1. The van der Waals surface area contributed by atoms with Crippen molar-refractivity contribution < 1.29 is 8.42 Å². The Morgan fingerprint density at radius 2 is 1.95 bits per heavy atom. The molecule has 2 aromatic rings. The van der Waals surface area contributed by atoms with Crippen molar-refractivity contribution >= 4 is 38.9 Å². The van der Waals surface area contributed by atoms with Crippen molar-refractivity contribution in [2.75, 3.05) is 4.72 Å². The third-order valence-corrected chi connectivity index (χ3v) is 4.39. The molecule has 0 amide bonds. The van der Waals surface area contributed by atoms with Gasteiger partial charge in [0.05, 0.1) is 5.02 Å². The molecule has 0 spiro atoms. The van der Waals surface area contributed by atoms with Crippen LogP contribution in [0.15, 0.2) is 41.4 Å². The first kappa shape index (κ1) is 14.1. The van der Waals surface area contributed by atoms with Crippen LogP contribution < -0.4 is 4.72 Å². The van der Waals surface area contributed by atoms with Crippen molar-refractivity contribution in [3.63, 3.8) is 0 Å². The monoisotopic (exact) mass is 316 g/mol. The Morgan fingerprint density at radius 3 is 2.58 bits per heavy atom. The number of aryl methyl sites for hydroxylation is 1. The molecule has 0 bridgehead atoms. The number of hydrogen-bond donors (Lipinski definition) is 1. The molecule has 0 aliphatic carbocycles. The summed E-state index contributed by atoms with van der Waals surface area (Å²) < 4.78 is 26.7. The zero-order valence-corrected chi connectivity index (χ0v) is 12.2. The normalized spacial score (nSPS) is 11.3. The lowest BCUT2D eigenvalue weighted by molar-refractivity contribution is 0.601. The highest BCUT2D eigenvalue weighted by atomic mass is 35.5. The minimum absolute atomic E-state index is 0.0385. The van der Waals surface area contributed by atoms with Crippen LogP contribution >= 0.6 is 23.2 Å². The van der Waals surface area contributed by atoms with Gasteiger partial charge in [-0.2, -0.15) is 0 Å². The van der Waals surface area contributed by atoms with Gasteiger partial charge in [0.15, 0.2) is 0 Å². The van der Waals surface area contributed by atoms with E-state index in [1.165, 1.54) is 6.07 Å². The number of benzene rings is 1. The first-order chi connectivity index (χ1) is 8.88. The lowest BCUT2D eigenvalue weighted by Gasteiger charge is -2.08. The molecule has 0 fully saturated rings. The van der Waals surface area contributed by atoms with Gasteiger partial charge in [-0.05, 0) is 30.7 Å². The molecule has 7 heteroatoms. The number of anilines is 1. The fourth-order valence-corrected chi connectivity index (χ4v) is 2.83. The Labute approximate surface area is 121 Å². The molecule has 0 aliphatic heterocycles. The summed E-state index contributed by atoms with van der Waals surface area (Å²) in [4.78, 5) is 3.68. The van der Waals surface area contributed by atoms with E-state index in [4.69, 9.17) is 23.2 Å². The summed E-state index contributed by atoms with van der Waals surface area (Å²) in [7, 11) is -3.72. The van der Waals surface area contributed by atoms with E-state index in [9.17, 15) is 8.42 Å². The van der Waals surface area contributed by atoms with E-state index in [0.717, 1.165) is 11.8 Å². The van der Waals surface area contributed by atoms with Gasteiger partial charge < -0.3 is 0 Å². The van der Waals surface area contributed by atoms with Gasteiger partial charge in [0.2, 0.25) is 0 Å². The van der Waals surface area contributed by atoms with E-state index in [-0.39, 0.29) is 15.1 Å². The number of nitrogens with zero attached hydrogens (tertiary/aromatic N) is 1. The van der Waals surface area contributed by atoms with Gasteiger partial charge in [0.25, 0.3) is 10.0 Å². The van der Waals surface area contributed by atoms with E-state index in [1.54, 1.807) is 18.2 Å². The smallest absolute Gasteiger partial charge is 0.263 e. The van der Waals surface area contributed by atoms with E-state index in [1.807, 2.05) is 13.0 Å². The van der Waals surface area contributed by atoms with Gasteiger partial charge >= 0.3 is 0 Å². The van der Waals surface area contributed by atoms with Crippen LogP contribution in [-0.2, 0) is 10.0 Å². The van der Waals surface area contributed by atoms with E-state index >= 15 is 0 Å². The summed E-state index contributed by atoms with van der Waals surface area (Å²) in [6, 6.07) is 8.28. The van der Waals surface area contributed by atoms with Crippen LogP contribution in [0.2, 0.25) is 10.2 Å². The van der Waals surface area contributed by atoms with Crippen LogP contribution in [0.1, 0.15) is 5.56 Å². The number of halogens is 2. The molecular formula is C12H10Cl2N2O2S. The van der Waals surface area contributed by atoms with Crippen molar-refractivity contribution in [1.82, 2.24) is 4.98 Å². The van der Waals surface area contributed by atoms with Crippen LogP contribution in [0.25, 0.3) is 0 Å². The minimum atomic E-state index is -3.72. The molecule has 0 atom stereocenters. The van der Waals surface area contributed by atoms with Crippen molar-refractivity contribution in [1.29, 1.82) is 0 Å². The first-order valence-electron chi connectivity index (χ1n) is 5.29. The van der Waals surface area contributed by atoms with Gasteiger partial charge in [-0.15, -0.1) is 0 Å². The van der Waals surface area contributed by atoms with Crippen LogP contribution in [-0.4, -0.2) is 13.4 Å². The summed E-state index contributed by atoms with van der Waals surface area (Å²) in [6.45, 7) is 1.87. The molecule has 0 radical (unpaired) electrons. The lowest BCUT2D eigenvalue weighted by atomic mass is 10.2. The third kappa shape index (κ3) is 3.37. The number of nitrogens with one attached hydrogen (secondary N) is 1. The van der Waals surface area contributed by atoms with Crippen LogP contribution in [0.5, 0.6) is 0 Å². The summed E-state index contributed by atoms with van der Waals surface area (Å²) in [5.41, 5.74) is 1.43. The standard InChI is InChI=1S/C12H10Cl2N2O2S/c1-8-3-2-4-9(5-8)16-19(17,18)10-6-11(13)12(14)15-7-10/h2-7,16H,1H3. The van der Waals surface area contributed by atoms with Crippen molar-refractivity contribution in [3.8, 4) is 0 Å². The van der Waals surface area contributed by atoms with Gasteiger partial charge in [-0.25, -0.2) is 13.4 Å². The first-order valence-corrected chi connectivity index (χ1v) is 7.53.